The van der Waals surface area contributed by atoms with E-state index in [0.717, 1.165) is 56.0 Å². The van der Waals surface area contributed by atoms with E-state index < -0.39 is 0 Å². The normalized spacial score (nSPS) is 25.6. The van der Waals surface area contributed by atoms with E-state index in [1.807, 2.05) is 29.2 Å². The Balaban J connectivity index is 1.09. The topological polar surface area (TPSA) is 74.4 Å². The van der Waals surface area contributed by atoms with Crippen molar-refractivity contribution in [3.63, 3.8) is 0 Å². The number of halogens is 1. The molecule has 2 aromatic rings. The van der Waals surface area contributed by atoms with Crippen molar-refractivity contribution in [3.8, 4) is 11.5 Å². The van der Waals surface area contributed by atoms with E-state index in [1.54, 1.807) is 17.0 Å². The van der Waals surface area contributed by atoms with E-state index >= 15 is 0 Å². The van der Waals surface area contributed by atoms with E-state index in [2.05, 4.69) is 16.3 Å². The number of hydrogen-bond donors (Lipinski definition) is 1. The molecule has 3 atom stereocenters. The van der Waals surface area contributed by atoms with Crippen molar-refractivity contribution in [1.29, 1.82) is 0 Å². The summed E-state index contributed by atoms with van der Waals surface area (Å²) in [4.78, 5) is 32.5. The Labute approximate surface area is 226 Å². The molecule has 1 saturated carbocycles. The lowest BCUT2D eigenvalue weighted by Gasteiger charge is -2.42. The molecule has 0 radical (unpaired) electrons. The van der Waals surface area contributed by atoms with Crippen molar-refractivity contribution in [2.45, 2.75) is 37.2 Å². The average molecular weight is 541 g/mol. The first-order valence-corrected chi connectivity index (χ1v) is 13.6. The molecular weight excluding hydrogens is 512 g/mol. The third kappa shape index (κ3) is 4.87. The largest absolute Gasteiger partial charge is 0.454 e. The number of anilines is 1. The predicted octanol–water partition coefficient (Wildman–Crippen LogP) is 3.37. The molecule has 3 fully saturated rings. The number of benzene rings is 2. The van der Waals surface area contributed by atoms with Crippen molar-refractivity contribution >= 4 is 46.4 Å². The van der Waals surface area contributed by atoms with Gasteiger partial charge in [0.05, 0.1) is 11.6 Å². The van der Waals surface area contributed by atoms with Crippen molar-refractivity contribution in [2.24, 2.45) is 5.92 Å². The van der Waals surface area contributed by atoms with Gasteiger partial charge >= 0.3 is 0 Å². The van der Waals surface area contributed by atoms with Crippen LogP contribution in [0, 0.1) is 5.92 Å². The highest BCUT2D eigenvalue weighted by Crippen LogP contribution is 2.35. The fourth-order valence-electron chi connectivity index (χ4n) is 5.68. The maximum absolute atomic E-state index is 13.4. The molecule has 0 spiro atoms. The van der Waals surface area contributed by atoms with Crippen LogP contribution in [-0.2, 0) is 11.3 Å². The molecule has 37 heavy (non-hydrogen) atoms. The van der Waals surface area contributed by atoms with E-state index in [1.165, 1.54) is 0 Å². The molecule has 6 rings (SSSR count). The summed E-state index contributed by atoms with van der Waals surface area (Å²) in [5.74, 6) is 1.37. The maximum Gasteiger partial charge on any atom is 0.254 e. The fourth-order valence-corrected chi connectivity index (χ4v) is 6.34. The van der Waals surface area contributed by atoms with Gasteiger partial charge in [0.2, 0.25) is 12.7 Å². The smallest absolute Gasteiger partial charge is 0.254 e. The molecule has 2 saturated heterocycles. The van der Waals surface area contributed by atoms with Gasteiger partial charge < -0.3 is 19.7 Å². The van der Waals surface area contributed by atoms with Crippen LogP contribution in [0.1, 0.15) is 35.2 Å². The van der Waals surface area contributed by atoms with Crippen molar-refractivity contribution in [2.75, 3.05) is 37.9 Å². The summed E-state index contributed by atoms with van der Waals surface area (Å²) in [5, 5.41) is 3.75. The lowest BCUT2D eigenvalue weighted by Crippen LogP contribution is -2.61. The number of thiocarbonyl (C=S) groups is 1. The van der Waals surface area contributed by atoms with Gasteiger partial charge in [-0.1, -0.05) is 12.1 Å². The number of nitrogens with one attached hydrogen (secondary N) is 1. The van der Waals surface area contributed by atoms with Crippen LogP contribution in [0.3, 0.4) is 0 Å². The molecule has 2 amide bonds. The molecule has 0 bridgehead atoms. The van der Waals surface area contributed by atoms with Crippen LogP contribution in [-0.4, -0.2) is 71.1 Å². The minimum atomic E-state index is -0.154. The van der Waals surface area contributed by atoms with Crippen LogP contribution in [0.4, 0.5) is 5.69 Å². The Kier molecular flexibility index (Phi) is 6.69. The van der Waals surface area contributed by atoms with Crippen LogP contribution in [0.25, 0.3) is 0 Å². The van der Waals surface area contributed by atoms with Gasteiger partial charge in [0.15, 0.2) is 16.6 Å². The Morgan fingerprint density at radius 2 is 1.86 bits per heavy atom. The van der Waals surface area contributed by atoms with Gasteiger partial charge in [-0.15, -0.1) is 11.6 Å². The summed E-state index contributed by atoms with van der Waals surface area (Å²) in [5.41, 5.74) is 2.35. The molecule has 10 heteroatoms. The zero-order valence-electron chi connectivity index (χ0n) is 20.4. The molecule has 0 aromatic heterocycles. The average Bonchev–Trinajstić information content (AvgIpc) is 3.37. The number of amides is 2. The maximum atomic E-state index is 13.4. The molecule has 194 valence electrons. The number of alkyl halides is 1. The number of rotatable bonds is 4. The van der Waals surface area contributed by atoms with Crippen LogP contribution in [0.5, 0.6) is 11.5 Å². The summed E-state index contributed by atoms with van der Waals surface area (Å²) in [7, 11) is 0. The van der Waals surface area contributed by atoms with Gasteiger partial charge in [-0.05, 0) is 67.4 Å². The number of nitrogens with zero attached hydrogens (tertiary/aromatic N) is 3. The van der Waals surface area contributed by atoms with E-state index in [4.69, 9.17) is 33.3 Å². The molecule has 3 unspecified atom stereocenters. The zero-order valence-corrected chi connectivity index (χ0v) is 22.0. The SMILES string of the molecule is O=C(c1cccc(N2C(=O)C3CCC(Cl)CC3NC2=S)c1)N1CCN(Cc2ccc3c(c2)OCO3)CC1. The zero-order chi connectivity index (χ0) is 25.5. The Morgan fingerprint density at radius 3 is 2.70 bits per heavy atom. The minimum absolute atomic E-state index is 0.0148. The molecule has 8 nitrogen and oxygen atoms in total. The predicted molar refractivity (Wildman–Crippen MR) is 144 cm³/mol. The highest BCUT2D eigenvalue weighted by atomic mass is 35.5. The van der Waals surface area contributed by atoms with Gasteiger partial charge in [-0.2, -0.15) is 0 Å². The molecule has 1 aliphatic carbocycles. The Bertz CT molecular complexity index is 1230. The highest BCUT2D eigenvalue weighted by molar-refractivity contribution is 7.80. The molecule has 1 N–H and O–H groups in total. The molecular formula is C27H29ClN4O4S. The minimum Gasteiger partial charge on any atom is -0.454 e. The number of carbonyl (C=O) groups excluding carboxylic acids is 2. The second-order valence-corrected chi connectivity index (χ2v) is 11.1. The quantitative estimate of drug-likeness (QED) is 0.471. The van der Waals surface area contributed by atoms with Crippen molar-refractivity contribution < 1.29 is 19.1 Å². The number of piperazine rings is 1. The first kappa shape index (κ1) is 24.5. The van der Waals surface area contributed by atoms with Gasteiger partial charge in [0.1, 0.15) is 0 Å². The molecule has 3 heterocycles. The third-order valence-corrected chi connectivity index (χ3v) is 8.39. The number of ether oxygens (including phenoxy) is 2. The summed E-state index contributed by atoms with van der Waals surface area (Å²) < 4.78 is 10.9. The van der Waals surface area contributed by atoms with Gasteiger partial charge in [0, 0.05) is 49.7 Å². The number of fused-ring (bicyclic) bond motifs is 2. The van der Waals surface area contributed by atoms with Crippen LogP contribution in [0.2, 0.25) is 0 Å². The van der Waals surface area contributed by atoms with Crippen LogP contribution >= 0.6 is 23.8 Å². The van der Waals surface area contributed by atoms with Crippen LogP contribution in [0.15, 0.2) is 42.5 Å². The van der Waals surface area contributed by atoms with Gasteiger partial charge in [-0.25, -0.2) is 0 Å². The summed E-state index contributed by atoms with van der Waals surface area (Å²) in [6, 6.07) is 13.2. The van der Waals surface area contributed by atoms with E-state index in [9.17, 15) is 9.59 Å². The van der Waals surface area contributed by atoms with Gasteiger partial charge in [0.25, 0.3) is 5.91 Å². The highest BCUT2D eigenvalue weighted by Gasteiger charge is 2.43. The Hall–Kier alpha value is -2.88. The summed E-state index contributed by atoms with van der Waals surface area (Å²) in [6.07, 6.45) is 2.28. The van der Waals surface area contributed by atoms with Crippen molar-refractivity contribution in [1.82, 2.24) is 15.1 Å². The lowest BCUT2D eigenvalue weighted by molar-refractivity contribution is -0.123. The fraction of sp³-hybridized carbons (Fsp3) is 0.444. The Morgan fingerprint density at radius 1 is 1.05 bits per heavy atom. The number of carbonyl (C=O) groups is 2. The lowest BCUT2D eigenvalue weighted by atomic mass is 9.82. The summed E-state index contributed by atoms with van der Waals surface area (Å²) >= 11 is 11.9. The molecule has 4 aliphatic rings. The third-order valence-electron chi connectivity index (χ3n) is 7.69. The summed E-state index contributed by atoms with van der Waals surface area (Å²) in [6.45, 7) is 3.90. The van der Waals surface area contributed by atoms with E-state index in [0.29, 0.717) is 29.5 Å². The molecule has 3 aliphatic heterocycles. The second kappa shape index (κ2) is 10.1. The van der Waals surface area contributed by atoms with Gasteiger partial charge in [-0.3, -0.25) is 19.4 Å². The molecule has 2 aromatic carbocycles. The van der Waals surface area contributed by atoms with Crippen molar-refractivity contribution in [3.05, 3.63) is 53.6 Å². The van der Waals surface area contributed by atoms with E-state index in [-0.39, 0.29) is 35.9 Å². The first-order chi connectivity index (χ1) is 18.0. The monoisotopic (exact) mass is 540 g/mol. The van der Waals surface area contributed by atoms with Crippen LogP contribution < -0.4 is 19.7 Å². The standard InChI is InChI=1S/C27H29ClN4O4S/c28-19-5-6-21-22(14-19)29-27(37)32(26(21)34)20-3-1-2-18(13-20)25(33)31-10-8-30(9-11-31)15-17-4-7-23-24(12-17)36-16-35-23/h1-4,7,12-13,19,21-22H,5-6,8-11,14-16H2,(H,29,37). The number of hydrogen-bond acceptors (Lipinski definition) is 6. The first-order valence-electron chi connectivity index (χ1n) is 12.7. The second-order valence-electron chi connectivity index (χ2n) is 10.1.